The smallest absolute Gasteiger partial charge is 0.414 e. The van der Waals surface area contributed by atoms with Crippen molar-refractivity contribution in [2.45, 2.75) is 67.7 Å². The molecule has 5 atom stereocenters. The van der Waals surface area contributed by atoms with Gasteiger partial charge in [-0.1, -0.05) is 6.07 Å². The third-order valence-electron chi connectivity index (χ3n) is 9.73. The summed E-state index contributed by atoms with van der Waals surface area (Å²) in [5, 5.41) is 26.3. The number of carbonyl (C=O) groups is 4. The first-order chi connectivity index (χ1) is 22.3. The van der Waals surface area contributed by atoms with Crippen LogP contribution in [0.4, 0.5) is 4.79 Å². The second-order valence-corrected chi connectivity index (χ2v) is 12.5. The number of ether oxygens (including phenoxy) is 3. The molecule has 2 aliphatic heterocycles. The standard InChI is InChI=1S/C31H43N7O9/c1-37-13-10-30-24-17-6-7-19(45-3)25(24)47-26(30)20(8-9-31(30,44)21(37)15-17)46-29(43)38(2)14-12-34-27(42)18(5-4-11-35-28(32)33)36-22(39)16-23(40)41/h6-8,18,21,26,44H,4-5,9-16H2,1-3H3,(H,34,42)(H,36,39)(H,40,41)(H4,32,33,35)/t18-,21-,26+,30+,31-/m0/s1. The molecule has 8 N–H and O–H groups in total. The number of aliphatic imine (C=N–C) groups is 1. The van der Waals surface area contributed by atoms with Crippen LogP contribution in [0.5, 0.6) is 11.5 Å². The first-order valence-electron chi connectivity index (χ1n) is 15.6. The van der Waals surface area contributed by atoms with Crippen LogP contribution in [0.25, 0.3) is 0 Å². The number of hydrogen-bond donors (Lipinski definition) is 6. The first kappa shape index (κ1) is 33.8. The van der Waals surface area contributed by atoms with Gasteiger partial charge in [0.2, 0.25) is 11.8 Å². The van der Waals surface area contributed by atoms with Gasteiger partial charge in [-0.25, -0.2) is 4.79 Å². The minimum Gasteiger partial charge on any atom is -0.493 e. The molecule has 47 heavy (non-hydrogen) atoms. The lowest BCUT2D eigenvalue weighted by molar-refractivity contribution is -0.163. The lowest BCUT2D eigenvalue weighted by atomic mass is 9.50. The summed E-state index contributed by atoms with van der Waals surface area (Å²) in [6, 6.07) is 2.72. The van der Waals surface area contributed by atoms with E-state index in [1.165, 1.54) is 11.9 Å². The maximum absolute atomic E-state index is 13.3. The Morgan fingerprint density at radius 3 is 2.74 bits per heavy atom. The number of aliphatic carboxylic acids is 1. The molecule has 0 aromatic heterocycles. The van der Waals surface area contributed by atoms with E-state index in [4.69, 9.17) is 30.8 Å². The monoisotopic (exact) mass is 657 g/mol. The van der Waals surface area contributed by atoms with Gasteiger partial charge >= 0.3 is 12.1 Å². The fourth-order valence-corrected chi connectivity index (χ4v) is 7.48. The van der Waals surface area contributed by atoms with Crippen molar-refractivity contribution >= 4 is 29.8 Å². The number of nitrogens with two attached hydrogens (primary N) is 2. The predicted molar refractivity (Wildman–Crippen MR) is 168 cm³/mol. The van der Waals surface area contributed by atoms with Crippen LogP contribution in [-0.4, -0.2) is 121 Å². The van der Waals surface area contributed by atoms with E-state index in [0.717, 1.165) is 17.7 Å². The molecule has 1 aromatic carbocycles. The normalized spacial score (nSPS) is 25.7. The average Bonchev–Trinajstić information content (AvgIpc) is 3.37. The average molecular weight is 658 g/mol. The summed E-state index contributed by atoms with van der Waals surface area (Å²) in [6.07, 6.45) is 1.56. The topological polar surface area (TPSA) is 231 Å². The second-order valence-electron chi connectivity index (χ2n) is 12.5. The number of amides is 3. The molecule has 1 spiro atoms. The molecule has 0 unspecified atom stereocenters. The summed E-state index contributed by atoms with van der Waals surface area (Å²) in [5.74, 6) is -1.38. The van der Waals surface area contributed by atoms with Crippen molar-refractivity contribution in [1.82, 2.24) is 20.4 Å². The van der Waals surface area contributed by atoms with Gasteiger partial charge in [0, 0.05) is 44.7 Å². The molecule has 2 bridgehead atoms. The molecule has 5 rings (SSSR count). The molecule has 3 amide bonds. The Morgan fingerprint density at radius 2 is 2.04 bits per heavy atom. The molecule has 1 aromatic rings. The van der Waals surface area contributed by atoms with E-state index >= 15 is 0 Å². The number of nitrogens with zero attached hydrogens (tertiary/aromatic N) is 3. The summed E-state index contributed by atoms with van der Waals surface area (Å²) in [5.41, 5.74) is 10.7. The van der Waals surface area contributed by atoms with Crippen molar-refractivity contribution in [3.05, 3.63) is 35.1 Å². The Morgan fingerprint density at radius 1 is 1.28 bits per heavy atom. The lowest BCUT2D eigenvalue weighted by Gasteiger charge is -2.61. The molecular formula is C31H43N7O9. The second kappa shape index (κ2) is 13.3. The minimum absolute atomic E-state index is 0.0202. The van der Waals surface area contributed by atoms with Crippen LogP contribution in [0.3, 0.4) is 0 Å². The quantitative estimate of drug-likeness (QED) is 0.0661. The summed E-state index contributed by atoms with van der Waals surface area (Å²) >= 11 is 0. The van der Waals surface area contributed by atoms with Gasteiger partial charge < -0.3 is 56.3 Å². The van der Waals surface area contributed by atoms with E-state index in [2.05, 4.69) is 20.5 Å². The highest BCUT2D eigenvalue weighted by Crippen LogP contribution is 2.65. The molecule has 16 heteroatoms. The molecule has 0 radical (unpaired) electrons. The zero-order valence-electron chi connectivity index (χ0n) is 26.8. The fraction of sp³-hybridized carbons (Fsp3) is 0.581. The number of hydrogen-bond acceptors (Lipinski definition) is 10. The van der Waals surface area contributed by atoms with Crippen LogP contribution in [0.1, 0.15) is 43.2 Å². The van der Waals surface area contributed by atoms with E-state index < -0.39 is 53.5 Å². The Balaban J connectivity index is 1.23. The summed E-state index contributed by atoms with van der Waals surface area (Å²) in [6.45, 7) is 1.03. The van der Waals surface area contributed by atoms with Crippen molar-refractivity contribution in [2.24, 2.45) is 16.5 Å². The van der Waals surface area contributed by atoms with Crippen LogP contribution in [0, 0.1) is 0 Å². The Kier molecular flexibility index (Phi) is 9.54. The summed E-state index contributed by atoms with van der Waals surface area (Å²) in [7, 11) is 5.10. The Bertz CT molecular complexity index is 1500. The number of likely N-dealkylation sites (tertiary alicyclic amines) is 1. The van der Waals surface area contributed by atoms with Gasteiger partial charge in [0.15, 0.2) is 23.6 Å². The number of piperidine rings is 1. The molecule has 2 aliphatic carbocycles. The predicted octanol–water partition coefficient (Wildman–Crippen LogP) is -0.829. The third kappa shape index (κ3) is 6.14. The number of aliphatic hydroxyl groups is 1. The van der Waals surface area contributed by atoms with Gasteiger partial charge in [0.05, 0.1) is 18.1 Å². The highest BCUT2D eigenvalue weighted by molar-refractivity contribution is 5.96. The van der Waals surface area contributed by atoms with Gasteiger partial charge in [0.25, 0.3) is 0 Å². The number of guanidine groups is 1. The molecule has 16 nitrogen and oxygen atoms in total. The maximum atomic E-state index is 13.3. The minimum atomic E-state index is -1.33. The van der Waals surface area contributed by atoms with Crippen LogP contribution in [-0.2, 0) is 31.0 Å². The SMILES string of the molecule is COc1ccc2c3c1O[C@@H]1C(OC(=O)N(C)CCNC(=O)[C@H](CCCN=C(N)N)NC(=O)CC(=O)O)=CC[C@]4(O)[C@H](C2)N(C)CC[C@@]314. The number of benzene rings is 1. The number of likely N-dealkylation sites (N-methyl/N-ethyl adjacent to an activating group) is 2. The highest BCUT2D eigenvalue weighted by Gasteiger charge is 2.72. The van der Waals surface area contributed by atoms with Gasteiger partial charge in [0.1, 0.15) is 18.2 Å². The number of rotatable bonds is 13. The van der Waals surface area contributed by atoms with E-state index in [9.17, 15) is 24.3 Å². The number of methoxy groups -OCH3 is 1. The van der Waals surface area contributed by atoms with Crippen molar-refractivity contribution in [2.75, 3.05) is 47.4 Å². The molecule has 256 valence electrons. The lowest BCUT2D eigenvalue weighted by Crippen LogP contribution is -2.74. The number of carboxylic acid groups (broad SMARTS) is 1. The summed E-state index contributed by atoms with van der Waals surface area (Å²) < 4.78 is 18.1. The van der Waals surface area contributed by atoms with E-state index in [1.54, 1.807) is 13.2 Å². The fourth-order valence-electron chi connectivity index (χ4n) is 7.48. The third-order valence-corrected chi connectivity index (χ3v) is 9.73. The van der Waals surface area contributed by atoms with Crippen LogP contribution in [0.2, 0.25) is 0 Å². The van der Waals surface area contributed by atoms with E-state index in [1.807, 2.05) is 19.2 Å². The molecule has 0 saturated carbocycles. The maximum Gasteiger partial charge on any atom is 0.414 e. The number of carbonyl (C=O) groups excluding carboxylic acids is 3. The first-order valence-corrected chi connectivity index (χ1v) is 15.6. The Hall–Kier alpha value is -4.57. The van der Waals surface area contributed by atoms with Crippen LogP contribution >= 0.6 is 0 Å². The molecule has 1 saturated heterocycles. The van der Waals surface area contributed by atoms with Crippen molar-refractivity contribution in [3.63, 3.8) is 0 Å². The van der Waals surface area contributed by atoms with Gasteiger partial charge in [-0.05, 0) is 57.0 Å². The van der Waals surface area contributed by atoms with Crippen molar-refractivity contribution in [1.29, 1.82) is 0 Å². The van der Waals surface area contributed by atoms with E-state index in [0.29, 0.717) is 36.5 Å². The molecular weight excluding hydrogens is 614 g/mol. The molecule has 1 fully saturated rings. The van der Waals surface area contributed by atoms with Gasteiger partial charge in [-0.15, -0.1) is 0 Å². The Labute approximate surface area is 272 Å². The number of carboxylic acids is 1. The van der Waals surface area contributed by atoms with Crippen LogP contribution < -0.4 is 31.6 Å². The van der Waals surface area contributed by atoms with Gasteiger partial charge in [-0.3, -0.25) is 19.4 Å². The largest absolute Gasteiger partial charge is 0.493 e. The highest BCUT2D eigenvalue weighted by atomic mass is 16.6. The zero-order chi connectivity index (χ0) is 34.1. The van der Waals surface area contributed by atoms with Gasteiger partial charge in [-0.2, -0.15) is 0 Å². The summed E-state index contributed by atoms with van der Waals surface area (Å²) in [4.78, 5) is 56.5. The number of nitrogens with one attached hydrogen (secondary N) is 2. The van der Waals surface area contributed by atoms with E-state index in [-0.39, 0.29) is 44.5 Å². The van der Waals surface area contributed by atoms with Crippen molar-refractivity contribution < 1.29 is 43.6 Å². The molecule has 2 heterocycles. The molecule has 4 aliphatic rings. The zero-order valence-corrected chi connectivity index (χ0v) is 26.8. The van der Waals surface area contributed by atoms with Crippen molar-refractivity contribution in [3.8, 4) is 11.5 Å². The van der Waals surface area contributed by atoms with Crippen LogP contribution in [0.15, 0.2) is 29.0 Å².